The molecule has 1 fully saturated rings. The lowest BCUT2D eigenvalue weighted by Gasteiger charge is -2.36. The van der Waals surface area contributed by atoms with Gasteiger partial charge in [-0.25, -0.2) is 4.39 Å². The standard InChI is InChI=1S/C17H25ClFN/c1-3-8-20-11-13-5-4-12(2)9-15(13)16-10-14(19)6-7-17(16)18/h6-7,10,12-13,15,20H,3-5,8-9,11H2,1-2H3. The zero-order chi connectivity index (χ0) is 14.5. The van der Waals surface area contributed by atoms with E-state index in [0.29, 0.717) is 22.8 Å². The molecule has 0 saturated heterocycles. The zero-order valence-electron chi connectivity index (χ0n) is 12.5. The number of benzene rings is 1. The van der Waals surface area contributed by atoms with Crippen molar-refractivity contribution >= 4 is 11.6 Å². The first-order valence-electron chi connectivity index (χ1n) is 7.77. The summed E-state index contributed by atoms with van der Waals surface area (Å²) in [5.74, 6) is 1.47. The largest absolute Gasteiger partial charge is 0.316 e. The van der Waals surface area contributed by atoms with Gasteiger partial charge in [-0.1, -0.05) is 31.9 Å². The minimum absolute atomic E-state index is 0.178. The van der Waals surface area contributed by atoms with Crippen molar-refractivity contribution in [3.8, 4) is 0 Å². The quantitative estimate of drug-likeness (QED) is 0.754. The van der Waals surface area contributed by atoms with E-state index in [1.54, 1.807) is 12.1 Å². The predicted octanol–water partition coefficient (Wildman–Crippen LogP) is 5.00. The highest BCUT2D eigenvalue weighted by Crippen LogP contribution is 2.42. The summed E-state index contributed by atoms with van der Waals surface area (Å²) in [6, 6.07) is 4.78. The maximum atomic E-state index is 13.6. The molecule has 1 aromatic rings. The van der Waals surface area contributed by atoms with E-state index in [4.69, 9.17) is 11.6 Å². The highest BCUT2D eigenvalue weighted by molar-refractivity contribution is 6.31. The van der Waals surface area contributed by atoms with Crippen molar-refractivity contribution in [2.75, 3.05) is 13.1 Å². The number of halogens is 2. The third-order valence-electron chi connectivity index (χ3n) is 4.45. The van der Waals surface area contributed by atoms with Crippen LogP contribution in [-0.2, 0) is 0 Å². The fourth-order valence-corrected chi connectivity index (χ4v) is 3.59. The minimum atomic E-state index is -0.178. The van der Waals surface area contributed by atoms with Gasteiger partial charge in [0.15, 0.2) is 0 Å². The van der Waals surface area contributed by atoms with Crippen molar-refractivity contribution in [3.63, 3.8) is 0 Å². The molecule has 2 rings (SSSR count). The van der Waals surface area contributed by atoms with Crippen molar-refractivity contribution < 1.29 is 4.39 Å². The van der Waals surface area contributed by atoms with Gasteiger partial charge in [-0.05, 0) is 73.9 Å². The molecular weight excluding hydrogens is 273 g/mol. The van der Waals surface area contributed by atoms with E-state index in [2.05, 4.69) is 19.2 Å². The van der Waals surface area contributed by atoms with Crippen LogP contribution in [0, 0.1) is 17.7 Å². The lowest BCUT2D eigenvalue weighted by molar-refractivity contribution is 0.241. The number of hydrogen-bond acceptors (Lipinski definition) is 1. The van der Waals surface area contributed by atoms with Crippen LogP contribution in [0.2, 0.25) is 5.02 Å². The Kier molecular flexibility index (Phi) is 5.86. The van der Waals surface area contributed by atoms with E-state index in [9.17, 15) is 4.39 Å². The third kappa shape index (κ3) is 3.95. The van der Waals surface area contributed by atoms with Crippen molar-refractivity contribution in [2.24, 2.45) is 11.8 Å². The molecule has 0 aliphatic heterocycles. The maximum absolute atomic E-state index is 13.6. The van der Waals surface area contributed by atoms with Gasteiger partial charge >= 0.3 is 0 Å². The van der Waals surface area contributed by atoms with Crippen LogP contribution in [-0.4, -0.2) is 13.1 Å². The topological polar surface area (TPSA) is 12.0 Å². The Bertz CT molecular complexity index is 435. The molecule has 1 aromatic carbocycles. The Labute approximate surface area is 126 Å². The summed E-state index contributed by atoms with van der Waals surface area (Å²) in [6.07, 6.45) is 4.73. The van der Waals surface area contributed by atoms with E-state index in [0.717, 1.165) is 31.5 Å². The lowest BCUT2D eigenvalue weighted by atomic mass is 9.71. The first-order chi connectivity index (χ1) is 9.61. The summed E-state index contributed by atoms with van der Waals surface area (Å²) in [5, 5.41) is 4.23. The third-order valence-corrected chi connectivity index (χ3v) is 4.79. The summed E-state index contributed by atoms with van der Waals surface area (Å²) < 4.78 is 13.6. The lowest BCUT2D eigenvalue weighted by Crippen LogP contribution is -2.32. The predicted molar refractivity (Wildman–Crippen MR) is 83.8 cm³/mol. The van der Waals surface area contributed by atoms with Crippen molar-refractivity contribution in [2.45, 2.75) is 45.4 Å². The van der Waals surface area contributed by atoms with Crippen LogP contribution in [0.4, 0.5) is 4.39 Å². The highest BCUT2D eigenvalue weighted by atomic mass is 35.5. The molecule has 1 nitrogen and oxygen atoms in total. The molecule has 0 heterocycles. The summed E-state index contributed by atoms with van der Waals surface area (Å²) in [6.45, 7) is 6.53. The Morgan fingerprint density at radius 2 is 2.15 bits per heavy atom. The molecule has 1 aliphatic rings. The molecule has 112 valence electrons. The Morgan fingerprint density at radius 1 is 1.35 bits per heavy atom. The van der Waals surface area contributed by atoms with Crippen LogP contribution in [0.25, 0.3) is 0 Å². The van der Waals surface area contributed by atoms with Gasteiger partial charge in [0.05, 0.1) is 0 Å². The van der Waals surface area contributed by atoms with E-state index >= 15 is 0 Å². The van der Waals surface area contributed by atoms with E-state index < -0.39 is 0 Å². The monoisotopic (exact) mass is 297 g/mol. The Balaban J connectivity index is 2.16. The molecule has 0 bridgehead atoms. The van der Waals surface area contributed by atoms with Gasteiger partial charge in [0.1, 0.15) is 5.82 Å². The van der Waals surface area contributed by atoms with Crippen LogP contribution in [0.3, 0.4) is 0 Å². The summed E-state index contributed by atoms with van der Waals surface area (Å²) in [5.41, 5.74) is 1.00. The molecule has 20 heavy (non-hydrogen) atoms. The molecule has 3 atom stereocenters. The van der Waals surface area contributed by atoms with Crippen LogP contribution in [0.5, 0.6) is 0 Å². The van der Waals surface area contributed by atoms with Crippen molar-refractivity contribution in [3.05, 3.63) is 34.6 Å². The average molecular weight is 298 g/mol. The molecule has 0 radical (unpaired) electrons. The number of hydrogen-bond donors (Lipinski definition) is 1. The van der Waals surface area contributed by atoms with Gasteiger partial charge in [-0.15, -0.1) is 0 Å². The second-order valence-electron chi connectivity index (χ2n) is 6.15. The SMILES string of the molecule is CCCNCC1CCC(C)CC1c1cc(F)ccc1Cl. The van der Waals surface area contributed by atoms with E-state index in [1.807, 2.05) is 0 Å². The van der Waals surface area contributed by atoms with Crippen molar-refractivity contribution in [1.82, 2.24) is 5.32 Å². The van der Waals surface area contributed by atoms with Gasteiger partial charge in [-0.3, -0.25) is 0 Å². The van der Waals surface area contributed by atoms with Crippen LogP contribution >= 0.6 is 11.6 Å². The summed E-state index contributed by atoms with van der Waals surface area (Å²) >= 11 is 6.32. The van der Waals surface area contributed by atoms with Gasteiger partial charge in [0, 0.05) is 5.02 Å². The molecular formula is C17H25ClFN. The van der Waals surface area contributed by atoms with Crippen LogP contribution in [0.15, 0.2) is 18.2 Å². The second-order valence-corrected chi connectivity index (χ2v) is 6.56. The minimum Gasteiger partial charge on any atom is -0.316 e. The first kappa shape index (κ1) is 15.8. The van der Waals surface area contributed by atoms with Gasteiger partial charge in [0.25, 0.3) is 0 Å². The molecule has 0 spiro atoms. The number of nitrogens with one attached hydrogen (secondary N) is 1. The van der Waals surface area contributed by atoms with Gasteiger partial charge < -0.3 is 5.32 Å². The van der Waals surface area contributed by atoms with E-state index in [1.165, 1.54) is 18.9 Å². The molecule has 3 unspecified atom stereocenters. The summed E-state index contributed by atoms with van der Waals surface area (Å²) in [7, 11) is 0. The normalized spacial score (nSPS) is 26.7. The fraction of sp³-hybridized carbons (Fsp3) is 0.647. The maximum Gasteiger partial charge on any atom is 0.123 e. The average Bonchev–Trinajstić information content (AvgIpc) is 2.43. The highest BCUT2D eigenvalue weighted by Gasteiger charge is 2.30. The van der Waals surface area contributed by atoms with Crippen LogP contribution in [0.1, 0.15) is 51.0 Å². The first-order valence-corrected chi connectivity index (χ1v) is 8.15. The molecule has 1 N–H and O–H groups in total. The fourth-order valence-electron chi connectivity index (χ4n) is 3.33. The van der Waals surface area contributed by atoms with Gasteiger partial charge in [-0.2, -0.15) is 0 Å². The number of rotatable bonds is 5. The molecule has 0 amide bonds. The molecule has 1 aliphatic carbocycles. The van der Waals surface area contributed by atoms with Gasteiger partial charge in [0.2, 0.25) is 0 Å². The smallest absolute Gasteiger partial charge is 0.123 e. The Morgan fingerprint density at radius 3 is 2.90 bits per heavy atom. The zero-order valence-corrected chi connectivity index (χ0v) is 13.2. The Hall–Kier alpha value is -0.600. The van der Waals surface area contributed by atoms with E-state index in [-0.39, 0.29) is 5.82 Å². The molecule has 0 aromatic heterocycles. The summed E-state index contributed by atoms with van der Waals surface area (Å²) in [4.78, 5) is 0. The molecule has 3 heteroatoms. The van der Waals surface area contributed by atoms with Crippen LogP contribution < -0.4 is 5.32 Å². The molecule has 1 saturated carbocycles. The van der Waals surface area contributed by atoms with Crippen molar-refractivity contribution in [1.29, 1.82) is 0 Å². The second kappa shape index (κ2) is 7.42.